The molecule has 0 bridgehead atoms. The molecule has 3 heterocycles. The molecule has 0 radical (unpaired) electrons. The van der Waals surface area contributed by atoms with Gasteiger partial charge in [-0.25, -0.2) is 4.39 Å². The molecule has 1 atom stereocenters. The number of likely N-dealkylation sites (tertiary alicyclic amines) is 1. The van der Waals surface area contributed by atoms with Crippen molar-refractivity contribution in [2.24, 2.45) is 0 Å². The maximum atomic E-state index is 13.1. The fourth-order valence-corrected chi connectivity index (χ4v) is 3.75. The highest BCUT2D eigenvalue weighted by atomic mass is 19.1. The summed E-state index contributed by atoms with van der Waals surface area (Å²) < 4.78 is 13.1. The number of halogens is 1. The van der Waals surface area contributed by atoms with Crippen LogP contribution in [-0.2, 0) is 17.6 Å². The summed E-state index contributed by atoms with van der Waals surface area (Å²) in [5.74, 6) is -0.125. The van der Waals surface area contributed by atoms with Crippen molar-refractivity contribution < 1.29 is 9.18 Å². The average Bonchev–Trinajstić information content (AvgIpc) is 3.21. The van der Waals surface area contributed by atoms with Gasteiger partial charge in [-0.3, -0.25) is 14.8 Å². The molecule has 1 aliphatic rings. The van der Waals surface area contributed by atoms with Crippen LogP contribution in [0.2, 0.25) is 0 Å². The summed E-state index contributed by atoms with van der Waals surface area (Å²) in [5, 5.41) is 0. The molecule has 5 heteroatoms. The maximum Gasteiger partial charge on any atom is 0.227 e. The van der Waals surface area contributed by atoms with Gasteiger partial charge in [0.15, 0.2) is 0 Å². The van der Waals surface area contributed by atoms with Crippen LogP contribution < -0.4 is 0 Å². The van der Waals surface area contributed by atoms with E-state index in [9.17, 15) is 9.18 Å². The minimum Gasteiger partial charge on any atom is -0.334 e. The quantitative estimate of drug-likeness (QED) is 0.674. The second-order valence-electron chi connectivity index (χ2n) is 7.14. The zero-order valence-corrected chi connectivity index (χ0v) is 15.6. The number of hydrogen-bond acceptors (Lipinski definition) is 3. The molecular formula is C23H22FN3O. The van der Waals surface area contributed by atoms with E-state index in [1.54, 1.807) is 24.5 Å². The van der Waals surface area contributed by atoms with E-state index in [0.717, 1.165) is 41.9 Å². The van der Waals surface area contributed by atoms with Crippen LogP contribution in [0.15, 0.2) is 67.0 Å². The number of hydrogen-bond donors (Lipinski definition) is 0. The zero-order valence-electron chi connectivity index (χ0n) is 15.6. The first-order chi connectivity index (χ1) is 13.7. The van der Waals surface area contributed by atoms with Crippen molar-refractivity contribution in [1.29, 1.82) is 0 Å². The SMILES string of the molecule is O=C(Cc1cccnc1)N1CCCC1c1cccc(Cc2ccc(F)cc2)n1. The summed E-state index contributed by atoms with van der Waals surface area (Å²) >= 11 is 0. The summed E-state index contributed by atoms with van der Waals surface area (Å²) in [6.45, 7) is 0.758. The molecule has 4 nitrogen and oxygen atoms in total. The number of nitrogens with zero attached hydrogens (tertiary/aromatic N) is 3. The van der Waals surface area contributed by atoms with Crippen LogP contribution in [0.5, 0.6) is 0 Å². The molecule has 4 rings (SSSR count). The standard InChI is InChI=1S/C23H22FN3O/c24-19-10-8-17(9-11-19)14-20-5-1-6-21(26-20)22-7-3-13-27(22)23(28)15-18-4-2-12-25-16-18/h1-2,4-6,8-12,16,22H,3,7,13-15H2. The van der Waals surface area contributed by atoms with Crippen molar-refractivity contribution in [2.75, 3.05) is 6.54 Å². The van der Waals surface area contributed by atoms with Gasteiger partial charge in [-0.2, -0.15) is 0 Å². The first-order valence-electron chi connectivity index (χ1n) is 9.58. The third-order valence-electron chi connectivity index (χ3n) is 5.12. The van der Waals surface area contributed by atoms with Crippen LogP contribution in [0, 0.1) is 5.82 Å². The van der Waals surface area contributed by atoms with Crippen molar-refractivity contribution in [3.05, 3.63) is 95.3 Å². The van der Waals surface area contributed by atoms with Gasteiger partial charge < -0.3 is 4.90 Å². The number of carbonyl (C=O) groups is 1. The summed E-state index contributed by atoms with van der Waals surface area (Å²) in [4.78, 5) is 23.7. The smallest absolute Gasteiger partial charge is 0.227 e. The number of benzene rings is 1. The lowest BCUT2D eigenvalue weighted by Crippen LogP contribution is -2.32. The topological polar surface area (TPSA) is 46.1 Å². The van der Waals surface area contributed by atoms with E-state index >= 15 is 0 Å². The van der Waals surface area contributed by atoms with E-state index in [4.69, 9.17) is 4.98 Å². The second kappa shape index (κ2) is 8.30. The highest BCUT2D eigenvalue weighted by molar-refractivity contribution is 5.79. The lowest BCUT2D eigenvalue weighted by Gasteiger charge is -2.25. The Morgan fingerprint density at radius 1 is 1.07 bits per heavy atom. The fraction of sp³-hybridized carbons (Fsp3) is 0.261. The molecule has 2 aromatic heterocycles. The fourth-order valence-electron chi connectivity index (χ4n) is 3.75. The monoisotopic (exact) mass is 375 g/mol. The van der Waals surface area contributed by atoms with E-state index in [1.165, 1.54) is 12.1 Å². The number of pyridine rings is 2. The van der Waals surface area contributed by atoms with Gasteiger partial charge in [-0.1, -0.05) is 24.3 Å². The molecule has 3 aromatic rings. The Hall–Kier alpha value is -3.08. The first-order valence-corrected chi connectivity index (χ1v) is 9.58. The van der Waals surface area contributed by atoms with Crippen LogP contribution >= 0.6 is 0 Å². The molecular weight excluding hydrogens is 353 g/mol. The Morgan fingerprint density at radius 2 is 1.93 bits per heavy atom. The molecule has 1 aliphatic heterocycles. The van der Waals surface area contributed by atoms with Gasteiger partial charge in [-0.15, -0.1) is 0 Å². The Labute approximate surface area is 164 Å². The normalized spacial score (nSPS) is 16.3. The minimum atomic E-state index is -0.237. The molecule has 1 unspecified atom stereocenters. The van der Waals surface area contributed by atoms with Gasteiger partial charge in [0.2, 0.25) is 5.91 Å². The molecule has 0 saturated carbocycles. The number of rotatable bonds is 5. The summed E-state index contributed by atoms with van der Waals surface area (Å²) in [6, 6.07) is 16.2. The van der Waals surface area contributed by atoms with Crippen LogP contribution in [-0.4, -0.2) is 27.3 Å². The predicted molar refractivity (Wildman–Crippen MR) is 105 cm³/mol. The van der Waals surface area contributed by atoms with Crippen LogP contribution in [0.25, 0.3) is 0 Å². The highest BCUT2D eigenvalue weighted by Gasteiger charge is 2.30. The molecule has 28 heavy (non-hydrogen) atoms. The largest absolute Gasteiger partial charge is 0.334 e. The van der Waals surface area contributed by atoms with Crippen molar-refractivity contribution in [3.8, 4) is 0 Å². The number of aromatic nitrogens is 2. The zero-order chi connectivity index (χ0) is 19.3. The Morgan fingerprint density at radius 3 is 2.71 bits per heavy atom. The van der Waals surface area contributed by atoms with Crippen LogP contribution in [0.1, 0.15) is 41.4 Å². The van der Waals surface area contributed by atoms with Crippen molar-refractivity contribution in [2.45, 2.75) is 31.7 Å². The molecule has 0 aliphatic carbocycles. The molecule has 0 spiro atoms. The van der Waals surface area contributed by atoms with Crippen molar-refractivity contribution in [1.82, 2.24) is 14.9 Å². The lowest BCUT2D eigenvalue weighted by atomic mass is 10.1. The molecule has 1 fully saturated rings. The molecule has 1 aromatic carbocycles. The second-order valence-corrected chi connectivity index (χ2v) is 7.14. The van der Waals surface area contributed by atoms with Crippen molar-refractivity contribution in [3.63, 3.8) is 0 Å². The van der Waals surface area contributed by atoms with Crippen LogP contribution in [0.4, 0.5) is 4.39 Å². The molecule has 142 valence electrons. The first kappa shape index (κ1) is 18.3. The van der Waals surface area contributed by atoms with Gasteiger partial charge in [0.05, 0.1) is 18.2 Å². The number of carbonyl (C=O) groups excluding carboxylic acids is 1. The maximum absolute atomic E-state index is 13.1. The molecule has 1 amide bonds. The van der Waals surface area contributed by atoms with E-state index in [1.807, 2.05) is 35.2 Å². The summed E-state index contributed by atoms with van der Waals surface area (Å²) in [6.07, 6.45) is 6.36. The predicted octanol–water partition coefficient (Wildman–Crippen LogP) is 4.11. The van der Waals surface area contributed by atoms with Crippen molar-refractivity contribution >= 4 is 5.91 Å². The van der Waals surface area contributed by atoms with E-state index in [2.05, 4.69) is 4.98 Å². The summed E-state index contributed by atoms with van der Waals surface area (Å²) in [5.41, 5.74) is 3.80. The van der Waals surface area contributed by atoms with Gasteiger partial charge >= 0.3 is 0 Å². The van der Waals surface area contributed by atoms with Gasteiger partial charge in [-0.05, 0) is 54.3 Å². The van der Waals surface area contributed by atoms with E-state index < -0.39 is 0 Å². The average molecular weight is 375 g/mol. The Kier molecular flexibility index (Phi) is 5.42. The third kappa shape index (κ3) is 4.25. The number of amides is 1. The minimum absolute atomic E-state index is 0.0114. The lowest BCUT2D eigenvalue weighted by molar-refractivity contribution is -0.131. The van der Waals surface area contributed by atoms with E-state index in [-0.39, 0.29) is 17.8 Å². The highest BCUT2D eigenvalue weighted by Crippen LogP contribution is 2.31. The van der Waals surface area contributed by atoms with E-state index in [0.29, 0.717) is 12.8 Å². The summed E-state index contributed by atoms with van der Waals surface area (Å²) in [7, 11) is 0. The Bertz CT molecular complexity index is 944. The van der Waals surface area contributed by atoms with Gasteiger partial charge in [0.25, 0.3) is 0 Å². The van der Waals surface area contributed by atoms with Gasteiger partial charge in [0, 0.05) is 31.1 Å². The van der Waals surface area contributed by atoms with Gasteiger partial charge in [0.1, 0.15) is 5.82 Å². The Balaban J connectivity index is 1.49. The van der Waals surface area contributed by atoms with Crippen LogP contribution in [0.3, 0.4) is 0 Å². The molecule has 1 saturated heterocycles. The molecule has 0 N–H and O–H groups in total. The third-order valence-corrected chi connectivity index (χ3v) is 5.12.